The molecule has 0 radical (unpaired) electrons. The summed E-state index contributed by atoms with van der Waals surface area (Å²) in [7, 11) is 0. The molecule has 2 aliphatic heterocycles. The number of amides is 1. The van der Waals surface area contributed by atoms with Crippen LogP contribution in [0.2, 0.25) is 0 Å². The van der Waals surface area contributed by atoms with E-state index in [0.717, 1.165) is 32.4 Å². The zero-order valence-electron chi connectivity index (χ0n) is 19.7. The average Bonchev–Trinajstić information content (AvgIpc) is 2.73. The highest BCUT2D eigenvalue weighted by molar-refractivity contribution is 5.91. The Morgan fingerprint density at radius 1 is 1.10 bits per heavy atom. The molecule has 2 aliphatic rings. The highest BCUT2D eigenvalue weighted by Crippen LogP contribution is 2.37. The number of allylic oxidation sites excluding steroid dienone is 1. The van der Waals surface area contributed by atoms with Crippen molar-refractivity contribution in [2.75, 3.05) is 52.7 Å². The fourth-order valence-electron chi connectivity index (χ4n) is 4.40. The van der Waals surface area contributed by atoms with Crippen molar-refractivity contribution in [2.45, 2.75) is 65.6 Å². The molecule has 1 saturated heterocycles. The number of rotatable bonds is 12. The van der Waals surface area contributed by atoms with Crippen molar-refractivity contribution in [1.82, 2.24) is 4.90 Å². The molecule has 31 heavy (non-hydrogen) atoms. The van der Waals surface area contributed by atoms with Crippen molar-refractivity contribution in [1.29, 1.82) is 0 Å². The predicted octanol–water partition coefficient (Wildman–Crippen LogP) is 3.36. The van der Waals surface area contributed by atoms with Gasteiger partial charge in [-0.1, -0.05) is 33.1 Å². The fraction of sp³-hybridized carbons (Fsp3) is 0.875. The highest BCUT2D eigenvalue weighted by atomic mass is 16.7. The summed E-state index contributed by atoms with van der Waals surface area (Å²) in [6.45, 7) is 10.4. The lowest BCUT2D eigenvalue weighted by molar-refractivity contribution is -0.180. The second kappa shape index (κ2) is 14.8. The van der Waals surface area contributed by atoms with Crippen molar-refractivity contribution in [3.63, 3.8) is 0 Å². The topological polar surface area (TPSA) is 77.5 Å². The summed E-state index contributed by atoms with van der Waals surface area (Å²) in [5.74, 6) is 1.13. The van der Waals surface area contributed by atoms with Gasteiger partial charge in [-0.15, -0.1) is 0 Å². The zero-order chi connectivity index (χ0) is 22.5. The van der Waals surface area contributed by atoms with Crippen molar-refractivity contribution < 1.29 is 28.8 Å². The minimum Gasteiger partial charge on any atom is -0.459 e. The van der Waals surface area contributed by atoms with Crippen LogP contribution in [-0.2, 0) is 23.7 Å². The summed E-state index contributed by atoms with van der Waals surface area (Å²) in [5.41, 5.74) is 0. The summed E-state index contributed by atoms with van der Waals surface area (Å²) >= 11 is 0. The number of carbonyl (C=O) groups excluding carboxylic acids is 1. The molecule has 0 aromatic rings. The molecule has 7 nitrogen and oxygen atoms in total. The largest absolute Gasteiger partial charge is 0.459 e. The summed E-state index contributed by atoms with van der Waals surface area (Å²) < 4.78 is 23.1. The first-order chi connectivity index (χ1) is 15.1. The van der Waals surface area contributed by atoms with Gasteiger partial charge in [0.25, 0.3) is 5.91 Å². The van der Waals surface area contributed by atoms with E-state index in [4.69, 9.17) is 24.1 Å². The minimum absolute atomic E-state index is 0.00739. The van der Waals surface area contributed by atoms with E-state index in [1.54, 1.807) is 0 Å². The van der Waals surface area contributed by atoms with E-state index < -0.39 is 6.29 Å². The van der Waals surface area contributed by atoms with Crippen molar-refractivity contribution in [3.8, 4) is 0 Å². The normalized spacial score (nSPS) is 25.0. The maximum absolute atomic E-state index is 13.2. The Hall–Kier alpha value is -1.15. The van der Waals surface area contributed by atoms with E-state index in [-0.39, 0.29) is 24.3 Å². The second-order valence-corrected chi connectivity index (χ2v) is 8.75. The van der Waals surface area contributed by atoms with Crippen LogP contribution in [0.5, 0.6) is 0 Å². The number of hydrogen-bond donors (Lipinski definition) is 1. The van der Waals surface area contributed by atoms with E-state index >= 15 is 0 Å². The quantitative estimate of drug-likeness (QED) is 0.468. The highest BCUT2D eigenvalue weighted by Gasteiger charge is 2.39. The smallest absolute Gasteiger partial charge is 0.288 e. The Labute approximate surface area is 188 Å². The maximum Gasteiger partial charge on any atom is 0.288 e. The molecule has 0 unspecified atom stereocenters. The van der Waals surface area contributed by atoms with Crippen molar-refractivity contribution in [2.24, 2.45) is 17.8 Å². The monoisotopic (exact) mass is 441 g/mol. The molecule has 0 aliphatic carbocycles. The molecule has 180 valence electrons. The third-order valence-electron chi connectivity index (χ3n) is 6.09. The van der Waals surface area contributed by atoms with E-state index in [1.165, 1.54) is 19.3 Å². The number of ether oxygens (including phenoxy) is 4. The lowest BCUT2D eigenvalue weighted by Gasteiger charge is -2.39. The average molecular weight is 442 g/mol. The van der Waals surface area contributed by atoms with E-state index in [9.17, 15) is 4.79 Å². The van der Waals surface area contributed by atoms with Gasteiger partial charge in [-0.25, -0.2) is 0 Å². The number of likely N-dealkylation sites (tertiary alicyclic amines) is 1. The third kappa shape index (κ3) is 8.72. The molecule has 1 N–H and O–H groups in total. The van der Waals surface area contributed by atoms with Crippen LogP contribution in [0.1, 0.15) is 59.3 Å². The standard InChI is InChI=1S/C24H43NO6/c1-4-30-24-20(10-14-28-16-17-29-15-13-26)21(19(2)3)18-22(31-24)23(27)25-11-8-6-5-7-9-12-25/h18-21,24,26H,4-17H2,1-3H3/t20-,21-,24-/m1/s1. The third-order valence-corrected chi connectivity index (χ3v) is 6.09. The van der Waals surface area contributed by atoms with Gasteiger partial charge in [-0.2, -0.15) is 0 Å². The number of aliphatic hydroxyl groups excluding tert-OH is 1. The van der Waals surface area contributed by atoms with Gasteiger partial charge >= 0.3 is 0 Å². The van der Waals surface area contributed by atoms with Crippen molar-refractivity contribution >= 4 is 5.91 Å². The Kier molecular flexibility index (Phi) is 12.5. The van der Waals surface area contributed by atoms with Gasteiger partial charge in [0.1, 0.15) is 0 Å². The van der Waals surface area contributed by atoms with Crippen molar-refractivity contribution in [3.05, 3.63) is 11.8 Å². The molecule has 0 aromatic heterocycles. The molecule has 2 heterocycles. The van der Waals surface area contributed by atoms with E-state index in [1.807, 2.05) is 17.9 Å². The Balaban J connectivity index is 2.01. The zero-order valence-corrected chi connectivity index (χ0v) is 19.7. The Morgan fingerprint density at radius 2 is 1.74 bits per heavy atom. The first kappa shape index (κ1) is 26.1. The number of hydrogen-bond acceptors (Lipinski definition) is 6. The minimum atomic E-state index is -0.439. The van der Waals surface area contributed by atoms with Gasteiger partial charge in [-0.05, 0) is 44.1 Å². The molecule has 7 heteroatoms. The fourth-order valence-corrected chi connectivity index (χ4v) is 4.40. The van der Waals surface area contributed by atoms with Crippen LogP contribution in [0, 0.1) is 17.8 Å². The number of aliphatic hydroxyl groups is 1. The van der Waals surface area contributed by atoms with Crippen LogP contribution in [-0.4, -0.2) is 74.9 Å². The summed E-state index contributed by atoms with van der Waals surface area (Å²) in [6.07, 6.45) is 8.14. The van der Waals surface area contributed by atoms with Crippen LogP contribution in [0.25, 0.3) is 0 Å². The molecule has 1 fully saturated rings. The lowest BCUT2D eigenvalue weighted by atomic mass is 9.79. The van der Waals surface area contributed by atoms with E-state index in [0.29, 0.717) is 44.7 Å². The molecule has 0 bridgehead atoms. The van der Waals surface area contributed by atoms with Gasteiger partial charge in [0.05, 0.1) is 26.4 Å². The second-order valence-electron chi connectivity index (χ2n) is 8.75. The maximum atomic E-state index is 13.2. The Bertz CT molecular complexity index is 530. The van der Waals surface area contributed by atoms with Crippen LogP contribution in [0.4, 0.5) is 0 Å². The summed E-state index contributed by atoms with van der Waals surface area (Å²) in [5, 5.41) is 8.74. The molecular formula is C24H43NO6. The van der Waals surface area contributed by atoms with Crippen LogP contribution in [0.3, 0.4) is 0 Å². The van der Waals surface area contributed by atoms with Gasteiger partial charge in [0.15, 0.2) is 5.76 Å². The SMILES string of the molecule is CCO[C@@H]1OC(C(=O)N2CCCCCCC2)=C[C@H](C(C)C)[C@H]1CCOCCOCCO. The van der Waals surface area contributed by atoms with E-state index in [2.05, 4.69) is 13.8 Å². The molecule has 0 saturated carbocycles. The number of nitrogens with zero attached hydrogens (tertiary/aromatic N) is 1. The summed E-state index contributed by atoms with van der Waals surface area (Å²) in [4.78, 5) is 15.2. The van der Waals surface area contributed by atoms with Gasteiger partial charge in [0.2, 0.25) is 6.29 Å². The lowest BCUT2D eigenvalue weighted by Crippen LogP contribution is -2.43. The molecule has 0 aromatic carbocycles. The number of carbonyl (C=O) groups is 1. The molecular weight excluding hydrogens is 398 g/mol. The molecule has 3 atom stereocenters. The molecule has 0 spiro atoms. The van der Waals surface area contributed by atoms with Gasteiger partial charge in [-0.3, -0.25) is 4.79 Å². The van der Waals surface area contributed by atoms with Gasteiger partial charge in [0, 0.05) is 32.2 Å². The first-order valence-corrected chi connectivity index (χ1v) is 12.1. The van der Waals surface area contributed by atoms with Crippen LogP contribution >= 0.6 is 0 Å². The Morgan fingerprint density at radius 3 is 2.35 bits per heavy atom. The summed E-state index contributed by atoms with van der Waals surface area (Å²) in [6, 6.07) is 0. The van der Waals surface area contributed by atoms with Crippen LogP contribution < -0.4 is 0 Å². The van der Waals surface area contributed by atoms with Crippen LogP contribution in [0.15, 0.2) is 11.8 Å². The first-order valence-electron chi connectivity index (χ1n) is 12.1. The predicted molar refractivity (Wildman–Crippen MR) is 119 cm³/mol. The molecule has 2 rings (SSSR count). The van der Waals surface area contributed by atoms with Gasteiger partial charge < -0.3 is 29.0 Å². The molecule has 1 amide bonds.